The van der Waals surface area contributed by atoms with Crippen molar-refractivity contribution < 1.29 is 4.43 Å². The molecule has 1 aromatic rings. The maximum Gasteiger partial charge on any atom is 0.242 e. The lowest BCUT2D eigenvalue weighted by atomic mass is 9.99. The Bertz CT molecular complexity index is 471. The van der Waals surface area contributed by atoms with Gasteiger partial charge in [0, 0.05) is 32.2 Å². The predicted molar refractivity (Wildman–Crippen MR) is 112 cm³/mol. The van der Waals surface area contributed by atoms with Gasteiger partial charge in [-0.1, -0.05) is 18.2 Å². The van der Waals surface area contributed by atoms with Gasteiger partial charge in [0.05, 0.1) is 0 Å². The summed E-state index contributed by atoms with van der Waals surface area (Å²) in [5, 5.41) is 3.43. The molecule has 0 radical (unpaired) electrons. The second kappa shape index (κ2) is 11.2. The van der Waals surface area contributed by atoms with Gasteiger partial charge >= 0.3 is 0 Å². The number of piperazine rings is 1. The highest BCUT2D eigenvalue weighted by Gasteiger charge is 2.22. The SMILES string of the molecule is C=CCC[C@H](c1ccc(O[Si](C)(C)C)cc1)N1CCNCC1.Cl.Cl. The van der Waals surface area contributed by atoms with E-state index in [4.69, 9.17) is 4.43 Å². The van der Waals surface area contributed by atoms with Gasteiger partial charge in [-0.05, 0) is 50.2 Å². The van der Waals surface area contributed by atoms with Gasteiger partial charge in [0.25, 0.3) is 0 Å². The Morgan fingerprint density at radius 2 is 1.75 bits per heavy atom. The molecule has 1 fully saturated rings. The van der Waals surface area contributed by atoms with Crippen molar-refractivity contribution >= 4 is 33.1 Å². The van der Waals surface area contributed by atoms with Crippen LogP contribution in [0.1, 0.15) is 24.4 Å². The van der Waals surface area contributed by atoms with Gasteiger partial charge in [0.1, 0.15) is 5.75 Å². The van der Waals surface area contributed by atoms with Crippen molar-refractivity contribution in [2.75, 3.05) is 26.2 Å². The van der Waals surface area contributed by atoms with Crippen LogP contribution < -0.4 is 9.74 Å². The van der Waals surface area contributed by atoms with Crippen molar-refractivity contribution in [2.45, 2.75) is 38.5 Å². The fraction of sp³-hybridized carbons (Fsp3) is 0.556. The fourth-order valence-corrected chi connectivity index (χ4v) is 3.78. The average molecular weight is 391 g/mol. The van der Waals surface area contributed by atoms with Crippen LogP contribution in [0.15, 0.2) is 36.9 Å². The average Bonchev–Trinajstić information content (AvgIpc) is 2.49. The molecule has 2 rings (SSSR count). The van der Waals surface area contributed by atoms with E-state index in [0.29, 0.717) is 6.04 Å². The third-order valence-electron chi connectivity index (χ3n) is 3.93. The number of nitrogens with one attached hydrogen (secondary N) is 1. The Labute approximate surface area is 160 Å². The topological polar surface area (TPSA) is 24.5 Å². The molecule has 1 aliphatic heterocycles. The van der Waals surface area contributed by atoms with Crippen LogP contribution in [0.5, 0.6) is 5.75 Å². The zero-order valence-electron chi connectivity index (χ0n) is 15.1. The Balaban J connectivity index is 0.00000264. The number of benzene rings is 1. The van der Waals surface area contributed by atoms with Crippen molar-refractivity contribution in [2.24, 2.45) is 0 Å². The maximum atomic E-state index is 6.06. The molecular formula is C18H32Cl2N2OSi. The molecule has 6 heteroatoms. The van der Waals surface area contributed by atoms with E-state index in [0.717, 1.165) is 44.8 Å². The van der Waals surface area contributed by atoms with Gasteiger partial charge in [0.2, 0.25) is 8.32 Å². The molecule has 0 amide bonds. The molecule has 0 aromatic heterocycles. The molecule has 1 atom stereocenters. The first-order chi connectivity index (χ1) is 10.5. The van der Waals surface area contributed by atoms with Crippen molar-refractivity contribution in [3.8, 4) is 5.75 Å². The van der Waals surface area contributed by atoms with Crippen LogP contribution in [-0.2, 0) is 0 Å². The number of hydrogen-bond acceptors (Lipinski definition) is 3. The number of nitrogens with zero attached hydrogens (tertiary/aromatic N) is 1. The molecule has 1 heterocycles. The Kier molecular flexibility index (Phi) is 10.9. The normalized spacial score (nSPS) is 16.5. The largest absolute Gasteiger partial charge is 0.544 e. The van der Waals surface area contributed by atoms with Crippen LogP contribution in [0.3, 0.4) is 0 Å². The zero-order valence-corrected chi connectivity index (χ0v) is 17.7. The molecule has 1 aromatic carbocycles. The summed E-state index contributed by atoms with van der Waals surface area (Å²) in [5.74, 6) is 1.01. The van der Waals surface area contributed by atoms with Crippen LogP contribution in [0.2, 0.25) is 19.6 Å². The van der Waals surface area contributed by atoms with E-state index in [2.05, 4.69) is 60.7 Å². The van der Waals surface area contributed by atoms with Crippen LogP contribution in [0, 0.1) is 0 Å². The molecule has 138 valence electrons. The summed E-state index contributed by atoms with van der Waals surface area (Å²) in [4.78, 5) is 2.59. The third kappa shape index (κ3) is 7.58. The maximum absolute atomic E-state index is 6.06. The minimum Gasteiger partial charge on any atom is -0.544 e. The van der Waals surface area contributed by atoms with Crippen molar-refractivity contribution in [3.63, 3.8) is 0 Å². The van der Waals surface area contributed by atoms with Gasteiger partial charge in [-0.15, -0.1) is 31.4 Å². The molecule has 0 unspecified atom stereocenters. The highest BCUT2D eigenvalue weighted by molar-refractivity contribution is 6.70. The van der Waals surface area contributed by atoms with Gasteiger partial charge in [0.15, 0.2) is 0 Å². The highest BCUT2D eigenvalue weighted by atomic mass is 35.5. The molecule has 1 saturated heterocycles. The number of hydrogen-bond donors (Lipinski definition) is 1. The smallest absolute Gasteiger partial charge is 0.242 e. The number of allylic oxidation sites excluding steroid dienone is 1. The summed E-state index contributed by atoms with van der Waals surface area (Å²) in [6, 6.07) is 9.24. The standard InChI is InChI=1S/C18H30N2OSi.2ClH/c1-5-6-7-18(20-14-12-19-13-15-20)16-8-10-17(11-9-16)21-22(2,3)4;;/h5,8-11,18-19H,1,6-7,12-15H2,2-4H3;2*1H/t18-;;/m1../s1. The Morgan fingerprint density at radius 3 is 2.25 bits per heavy atom. The van der Waals surface area contributed by atoms with Crippen LogP contribution in [0.25, 0.3) is 0 Å². The Morgan fingerprint density at radius 1 is 1.17 bits per heavy atom. The quantitative estimate of drug-likeness (QED) is 0.541. The van der Waals surface area contributed by atoms with E-state index < -0.39 is 8.32 Å². The van der Waals surface area contributed by atoms with E-state index >= 15 is 0 Å². The summed E-state index contributed by atoms with van der Waals surface area (Å²) in [6.45, 7) is 14.9. The lowest BCUT2D eigenvalue weighted by molar-refractivity contribution is 0.166. The van der Waals surface area contributed by atoms with Gasteiger partial charge < -0.3 is 9.74 Å². The van der Waals surface area contributed by atoms with Crippen LogP contribution in [-0.4, -0.2) is 39.4 Å². The van der Waals surface area contributed by atoms with E-state index in [1.165, 1.54) is 5.56 Å². The second-order valence-corrected chi connectivity index (χ2v) is 11.4. The second-order valence-electron chi connectivity index (χ2n) is 6.95. The van der Waals surface area contributed by atoms with Crippen LogP contribution >= 0.6 is 24.8 Å². The summed E-state index contributed by atoms with van der Waals surface area (Å²) in [5.41, 5.74) is 1.40. The first kappa shape index (κ1) is 23.5. The predicted octanol–water partition coefficient (Wildman–Crippen LogP) is 4.66. The first-order valence-electron chi connectivity index (χ1n) is 8.34. The summed E-state index contributed by atoms with van der Waals surface area (Å²) >= 11 is 0. The van der Waals surface area contributed by atoms with Crippen molar-refractivity contribution in [1.82, 2.24) is 10.2 Å². The van der Waals surface area contributed by atoms with Crippen LogP contribution in [0.4, 0.5) is 0 Å². The molecule has 1 aliphatic rings. The highest BCUT2D eigenvalue weighted by Crippen LogP contribution is 2.28. The first-order valence-corrected chi connectivity index (χ1v) is 11.7. The minimum atomic E-state index is -1.53. The zero-order chi connectivity index (χ0) is 16.0. The third-order valence-corrected chi connectivity index (χ3v) is 4.77. The lowest BCUT2D eigenvalue weighted by Gasteiger charge is -2.35. The minimum absolute atomic E-state index is 0. The van der Waals surface area contributed by atoms with E-state index in [1.54, 1.807) is 0 Å². The summed E-state index contributed by atoms with van der Waals surface area (Å²) in [7, 11) is -1.53. The summed E-state index contributed by atoms with van der Waals surface area (Å²) < 4.78 is 6.06. The molecule has 0 spiro atoms. The fourth-order valence-electron chi connectivity index (χ4n) is 2.94. The molecular weight excluding hydrogens is 359 g/mol. The van der Waals surface area contributed by atoms with Crippen molar-refractivity contribution in [3.05, 3.63) is 42.5 Å². The van der Waals surface area contributed by atoms with Gasteiger partial charge in [-0.2, -0.15) is 0 Å². The monoisotopic (exact) mass is 390 g/mol. The summed E-state index contributed by atoms with van der Waals surface area (Å²) in [6.07, 6.45) is 4.22. The van der Waals surface area contributed by atoms with Gasteiger partial charge in [-0.25, -0.2) is 0 Å². The molecule has 3 nitrogen and oxygen atoms in total. The van der Waals surface area contributed by atoms with E-state index in [9.17, 15) is 0 Å². The number of halogens is 2. The molecule has 1 N–H and O–H groups in total. The number of rotatable bonds is 7. The molecule has 0 saturated carbocycles. The lowest BCUT2D eigenvalue weighted by Crippen LogP contribution is -2.45. The van der Waals surface area contributed by atoms with Crippen molar-refractivity contribution in [1.29, 1.82) is 0 Å². The molecule has 24 heavy (non-hydrogen) atoms. The van der Waals surface area contributed by atoms with E-state index in [-0.39, 0.29) is 24.8 Å². The van der Waals surface area contributed by atoms with E-state index in [1.807, 2.05) is 6.08 Å². The molecule has 0 bridgehead atoms. The Hall–Kier alpha value is -0.523. The van der Waals surface area contributed by atoms with Gasteiger partial charge in [-0.3, -0.25) is 4.90 Å². The molecule has 0 aliphatic carbocycles.